The van der Waals surface area contributed by atoms with Crippen LogP contribution in [0.3, 0.4) is 0 Å². The molecule has 2 rings (SSSR count). The lowest BCUT2D eigenvalue weighted by Gasteiger charge is -2.44. The molecule has 4 nitrogen and oxygen atoms in total. The number of hydrogen-bond donors (Lipinski definition) is 1. The standard InChI is InChI=1S/C16H27NO3/c1-11(2)15(4)9-13(19)17(14(15)20)16(10-18)7-5-12(3)6-8-16/h11-12,18H,5-10H2,1-4H3. The summed E-state index contributed by atoms with van der Waals surface area (Å²) >= 11 is 0. The molecule has 1 aliphatic heterocycles. The van der Waals surface area contributed by atoms with Crippen LogP contribution in [0.15, 0.2) is 0 Å². The molecule has 1 aliphatic carbocycles. The summed E-state index contributed by atoms with van der Waals surface area (Å²) in [7, 11) is 0. The second-order valence-electron chi connectivity index (χ2n) is 7.35. The number of imide groups is 1. The monoisotopic (exact) mass is 281 g/mol. The number of carbonyl (C=O) groups excluding carboxylic acids is 2. The molecule has 2 amide bonds. The first-order valence-corrected chi connectivity index (χ1v) is 7.75. The predicted octanol–water partition coefficient (Wildman–Crippen LogP) is 2.35. The third kappa shape index (κ3) is 2.18. The molecule has 114 valence electrons. The fourth-order valence-corrected chi connectivity index (χ4v) is 3.52. The normalized spacial score (nSPS) is 38.9. The van der Waals surface area contributed by atoms with Gasteiger partial charge in [-0.15, -0.1) is 0 Å². The minimum Gasteiger partial charge on any atom is -0.394 e. The van der Waals surface area contributed by atoms with Crippen molar-refractivity contribution in [2.75, 3.05) is 6.61 Å². The van der Waals surface area contributed by atoms with Gasteiger partial charge in [-0.3, -0.25) is 14.5 Å². The predicted molar refractivity (Wildman–Crippen MR) is 76.9 cm³/mol. The van der Waals surface area contributed by atoms with Gasteiger partial charge in [0.05, 0.1) is 17.6 Å². The summed E-state index contributed by atoms with van der Waals surface area (Å²) in [5, 5.41) is 9.89. The molecular weight excluding hydrogens is 254 g/mol. The molecule has 0 spiro atoms. The van der Waals surface area contributed by atoms with Crippen molar-refractivity contribution in [3.05, 3.63) is 0 Å². The van der Waals surface area contributed by atoms with Crippen molar-refractivity contribution >= 4 is 11.8 Å². The minimum atomic E-state index is -0.646. The lowest BCUT2D eigenvalue weighted by atomic mass is 9.75. The van der Waals surface area contributed by atoms with E-state index in [2.05, 4.69) is 6.92 Å². The van der Waals surface area contributed by atoms with Gasteiger partial charge in [-0.1, -0.05) is 20.8 Å². The first-order valence-electron chi connectivity index (χ1n) is 7.75. The minimum absolute atomic E-state index is 0.0823. The Morgan fingerprint density at radius 2 is 1.85 bits per heavy atom. The number of rotatable bonds is 3. The van der Waals surface area contributed by atoms with E-state index in [0.29, 0.717) is 5.92 Å². The Balaban J connectivity index is 2.31. The van der Waals surface area contributed by atoms with E-state index in [9.17, 15) is 14.7 Å². The van der Waals surface area contributed by atoms with Crippen LogP contribution >= 0.6 is 0 Å². The molecule has 0 bridgehead atoms. The van der Waals surface area contributed by atoms with E-state index < -0.39 is 11.0 Å². The lowest BCUT2D eigenvalue weighted by Crippen LogP contribution is -2.57. The maximum atomic E-state index is 12.8. The number of carbonyl (C=O) groups is 2. The van der Waals surface area contributed by atoms with Crippen molar-refractivity contribution in [3.8, 4) is 0 Å². The fourth-order valence-electron chi connectivity index (χ4n) is 3.52. The average Bonchev–Trinajstić information content (AvgIpc) is 2.64. The maximum Gasteiger partial charge on any atom is 0.236 e. The molecule has 2 fully saturated rings. The van der Waals surface area contributed by atoms with Crippen LogP contribution in [-0.2, 0) is 9.59 Å². The smallest absolute Gasteiger partial charge is 0.236 e. The van der Waals surface area contributed by atoms with E-state index in [0.717, 1.165) is 25.7 Å². The highest BCUT2D eigenvalue weighted by atomic mass is 16.3. The van der Waals surface area contributed by atoms with Crippen LogP contribution in [0.1, 0.15) is 59.8 Å². The number of hydrogen-bond acceptors (Lipinski definition) is 3. The maximum absolute atomic E-state index is 12.8. The highest BCUT2D eigenvalue weighted by molar-refractivity contribution is 6.06. The van der Waals surface area contributed by atoms with Gasteiger partial charge >= 0.3 is 0 Å². The van der Waals surface area contributed by atoms with Gasteiger partial charge in [0, 0.05) is 6.42 Å². The van der Waals surface area contributed by atoms with Gasteiger partial charge in [0.1, 0.15) is 0 Å². The highest BCUT2D eigenvalue weighted by Gasteiger charge is 2.56. The number of nitrogens with zero attached hydrogens (tertiary/aromatic N) is 1. The summed E-state index contributed by atoms with van der Waals surface area (Å²) in [6.07, 6.45) is 3.68. The van der Waals surface area contributed by atoms with Crippen LogP contribution in [0, 0.1) is 17.3 Å². The summed E-state index contributed by atoms with van der Waals surface area (Å²) in [5.74, 6) is 0.553. The summed E-state index contributed by atoms with van der Waals surface area (Å²) in [4.78, 5) is 26.7. The number of aliphatic hydroxyl groups excluding tert-OH is 1. The van der Waals surface area contributed by atoms with Crippen LogP contribution in [-0.4, -0.2) is 34.0 Å². The molecule has 0 aromatic carbocycles. The van der Waals surface area contributed by atoms with Crippen molar-refractivity contribution in [2.24, 2.45) is 17.3 Å². The zero-order valence-corrected chi connectivity index (χ0v) is 13.1. The van der Waals surface area contributed by atoms with Gasteiger partial charge < -0.3 is 5.11 Å². The van der Waals surface area contributed by atoms with E-state index in [-0.39, 0.29) is 30.8 Å². The first-order chi connectivity index (χ1) is 9.27. The molecule has 0 aromatic heterocycles. The van der Waals surface area contributed by atoms with Gasteiger partial charge in [-0.25, -0.2) is 0 Å². The van der Waals surface area contributed by atoms with Gasteiger partial charge in [-0.05, 0) is 44.4 Å². The number of amides is 2. The average molecular weight is 281 g/mol. The van der Waals surface area contributed by atoms with Crippen LogP contribution < -0.4 is 0 Å². The molecule has 0 aromatic rings. The molecule has 1 heterocycles. The Labute approximate surface area is 121 Å². The van der Waals surface area contributed by atoms with E-state index in [1.165, 1.54) is 4.90 Å². The second kappa shape index (κ2) is 5.14. The third-order valence-corrected chi connectivity index (χ3v) is 5.71. The molecule has 20 heavy (non-hydrogen) atoms. The van der Waals surface area contributed by atoms with Crippen molar-refractivity contribution in [1.82, 2.24) is 4.90 Å². The zero-order valence-electron chi connectivity index (χ0n) is 13.1. The van der Waals surface area contributed by atoms with Crippen molar-refractivity contribution < 1.29 is 14.7 Å². The van der Waals surface area contributed by atoms with E-state index >= 15 is 0 Å². The third-order valence-electron chi connectivity index (χ3n) is 5.71. The number of aliphatic hydroxyl groups is 1. The second-order valence-corrected chi connectivity index (χ2v) is 7.35. The van der Waals surface area contributed by atoms with Gasteiger partial charge in [0.25, 0.3) is 0 Å². The van der Waals surface area contributed by atoms with Crippen molar-refractivity contribution in [3.63, 3.8) is 0 Å². The Morgan fingerprint density at radius 1 is 1.30 bits per heavy atom. The van der Waals surface area contributed by atoms with Crippen LogP contribution in [0.4, 0.5) is 0 Å². The Hall–Kier alpha value is -0.900. The molecule has 1 saturated carbocycles. The quantitative estimate of drug-likeness (QED) is 0.808. The van der Waals surface area contributed by atoms with Crippen LogP contribution in [0.5, 0.6) is 0 Å². The van der Waals surface area contributed by atoms with Crippen LogP contribution in [0.25, 0.3) is 0 Å². The molecule has 1 atom stereocenters. The summed E-state index contributed by atoms with van der Waals surface area (Å²) < 4.78 is 0. The fraction of sp³-hybridized carbons (Fsp3) is 0.875. The lowest BCUT2D eigenvalue weighted by molar-refractivity contribution is -0.153. The molecule has 1 unspecified atom stereocenters. The van der Waals surface area contributed by atoms with Gasteiger partial charge in [0.2, 0.25) is 11.8 Å². The Bertz CT molecular complexity index is 410. The largest absolute Gasteiger partial charge is 0.394 e. The SMILES string of the molecule is CC1CCC(CO)(N2C(=O)CC(C)(C(C)C)C2=O)CC1. The van der Waals surface area contributed by atoms with Gasteiger partial charge in [0.15, 0.2) is 0 Å². The molecule has 4 heteroatoms. The first kappa shape index (κ1) is 15.5. The summed E-state index contributed by atoms with van der Waals surface area (Å²) in [6.45, 7) is 7.94. The Morgan fingerprint density at radius 3 is 2.25 bits per heavy atom. The molecule has 2 aliphatic rings. The zero-order chi connectivity index (χ0) is 15.1. The topological polar surface area (TPSA) is 57.6 Å². The summed E-state index contributed by atoms with van der Waals surface area (Å²) in [6, 6.07) is 0. The molecular formula is C16H27NO3. The summed E-state index contributed by atoms with van der Waals surface area (Å²) in [5.41, 5.74) is -1.25. The molecule has 1 saturated heterocycles. The van der Waals surface area contributed by atoms with Crippen molar-refractivity contribution in [2.45, 2.75) is 65.3 Å². The van der Waals surface area contributed by atoms with Crippen molar-refractivity contribution in [1.29, 1.82) is 0 Å². The van der Waals surface area contributed by atoms with Gasteiger partial charge in [-0.2, -0.15) is 0 Å². The van der Waals surface area contributed by atoms with Crippen LogP contribution in [0.2, 0.25) is 0 Å². The van der Waals surface area contributed by atoms with E-state index in [4.69, 9.17) is 0 Å². The number of likely N-dealkylation sites (tertiary alicyclic amines) is 1. The molecule has 1 N–H and O–H groups in total. The Kier molecular flexibility index (Phi) is 3.98. The highest BCUT2D eigenvalue weighted by Crippen LogP contribution is 2.46. The van der Waals surface area contributed by atoms with E-state index in [1.54, 1.807) is 0 Å². The molecule has 0 radical (unpaired) electrons. The van der Waals surface area contributed by atoms with E-state index in [1.807, 2.05) is 20.8 Å².